The van der Waals surface area contributed by atoms with Crippen LogP contribution in [0.15, 0.2) is 42.5 Å². The maximum Gasteiger partial charge on any atom is 0.125 e. The highest BCUT2D eigenvalue weighted by atomic mass is 19.1. The lowest BCUT2D eigenvalue weighted by Gasteiger charge is -2.35. The number of benzene rings is 2. The molecule has 2 aliphatic rings. The van der Waals surface area contributed by atoms with Gasteiger partial charge in [0.25, 0.3) is 0 Å². The van der Waals surface area contributed by atoms with Gasteiger partial charge in [-0.3, -0.25) is 0 Å². The lowest BCUT2D eigenvalue weighted by atomic mass is 9.98. The quantitative estimate of drug-likeness (QED) is 0.854. The first-order valence-corrected chi connectivity index (χ1v) is 7.18. The zero-order valence-corrected chi connectivity index (χ0v) is 11.3. The highest BCUT2D eigenvalue weighted by molar-refractivity contribution is 5.61. The molecule has 0 saturated heterocycles. The molecular formula is C17H17FN2. The van der Waals surface area contributed by atoms with Gasteiger partial charge in [0.05, 0.1) is 6.04 Å². The van der Waals surface area contributed by atoms with Crippen molar-refractivity contribution >= 4 is 11.4 Å². The van der Waals surface area contributed by atoms with Crippen LogP contribution in [-0.2, 0) is 12.8 Å². The Morgan fingerprint density at radius 1 is 1.10 bits per heavy atom. The van der Waals surface area contributed by atoms with E-state index in [0.29, 0.717) is 6.04 Å². The van der Waals surface area contributed by atoms with Crippen molar-refractivity contribution in [1.29, 1.82) is 0 Å². The van der Waals surface area contributed by atoms with Crippen molar-refractivity contribution in [3.05, 3.63) is 59.4 Å². The molecule has 0 aliphatic carbocycles. The minimum atomic E-state index is -0.139. The van der Waals surface area contributed by atoms with Gasteiger partial charge in [-0.2, -0.15) is 0 Å². The second kappa shape index (κ2) is 4.51. The van der Waals surface area contributed by atoms with Gasteiger partial charge in [0.15, 0.2) is 0 Å². The Balaban J connectivity index is 1.64. The lowest BCUT2D eigenvalue weighted by Crippen LogP contribution is -2.43. The monoisotopic (exact) mass is 268 g/mol. The van der Waals surface area contributed by atoms with Crippen LogP contribution >= 0.6 is 0 Å². The molecule has 2 aromatic carbocycles. The number of nitrogens with one attached hydrogen (secondary N) is 1. The van der Waals surface area contributed by atoms with Gasteiger partial charge in [-0.1, -0.05) is 24.3 Å². The second-order valence-electron chi connectivity index (χ2n) is 5.61. The maximum atomic E-state index is 13.5. The Morgan fingerprint density at radius 3 is 2.95 bits per heavy atom. The van der Waals surface area contributed by atoms with Crippen LogP contribution in [0.5, 0.6) is 0 Å². The molecule has 2 nitrogen and oxygen atoms in total. The van der Waals surface area contributed by atoms with E-state index in [4.69, 9.17) is 0 Å². The number of rotatable bonds is 1. The summed E-state index contributed by atoms with van der Waals surface area (Å²) in [6.07, 6.45) is 2.05. The summed E-state index contributed by atoms with van der Waals surface area (Å²) in [6.45, 7) is 1.92. The molecule has 0 amide bonds. The smallest absolute Gasteiger partial charge is 0.125 e. The van der Waals surface area contributed by atoms with Gasteiger partial charge < -0.3 is 10.2 Å². The summed E-state index contributed by atoms with van der Waals surface area (Å²) in [7, 11) is 0. The van der Waals surface area contributed by atoms with Gasteiger partial charge in [0, 0.05) is 24.5 Å². The average molecular weight is 268 g/mol. The van der Waals surface area contributed by atoms with Crippen molar-refractivity contribution in [2.75, 3.05) is 23.3 Å². The molecule has 2 aliphatic heterocycles. The van der Waals surface area contributed by atoms with E-state index in [1.165, 1.54) is 16.8 Å². The molecule has 0 saturated carbocycles. The molecule has 2 heterocycles. The molecule has 1 atom stereocenters. The minimum Gasteiger partial charge on any atom is -0.383 e. The lowest BCUT2D eigenvalue weighted by molar-refractivity contribution is 0.604. The molecule has 0 aromatic heterocycles. The van der Waals surface area contributed by atoms with Crippen molar-refractivity contribution in [2.45, 2.75) is 18.9 Å². The summed E-state index contributed by atoms with van der Waals surface area (Å²) in [4.78, 5) is 2.36. The fourth-order valence-electron chi connectivity index (χ4n) is 3.40. The van der Waals surface area contributed by atoms with Crippen LogP contribution in [-0.4, -0.2) is 19.1 Å². The number of para-hydroxylation sites is 1. The zero-order valence-electron chi connectivity index (χ0n) is 11.3. The Labute approximate surface area is 118 Å². The first kappa shape index (κ1) is 11.8. The Kier molecular flexibility index (Phi) is 2.66. The van der Waals surface area contributed by atoms with Crippen molar-refractivity contribution in [1.82, 2.24) is 0 Å². The third kappa shape index (κ3) is 1.85. The van der Waals surface area contributed by atoms with E-state index in [2.05, 4.69) is 34.5 Å². The van der Waals surface area contributed by atoms with Crippen LogP contribution in [0.1, 0.15) is 11.1 Å². The number of fused-ring (bicyclic) bond motifs is 2. The summed E-state index contributed by atoms with van der Waals surface area (Å²) >= 11 is 0. The van der Waals surface area contributed by atoms with Crippen molar-refractivity contribution in [3.8, 4) is 0 Å². The molecule has 4 rings (SSSR count). The topological polar surface area (TPSA) is 15.3 Å². The van der Waals surface area contributed by atoms with Crippen LogP contribution in [0.4, 0.5) is 15.8 Å². The van der Waals surface area contributed by atoms with Gasteiger partial charge in [-0.25, -0.2) is 4.39 Å². The normalized spacial score (nSPS) is 20.2. The molecule has 1 N–H and O–H groups in total. The van der Waals surface area contributed by atoms with Gasteiger partial charge >= 0.3 is 0 Å². The van der Waals surface area contributed by atoms with Crippen LogP contribution < -0.4 is 10.2 Å². The summed E-state index contributed by atoms with van der Waals surface area (Å²) < 4.78 is 13.5. The molecule has 0 bridgehead atoms. The highest BCUT2D eigenvalue weighted by Crippen LogP contribution is 2.33. The van der Waals surface area contributed by atoms with E-state index in [1.807, 2.05) is 6.07 Å². The number of anilines is 2. The van der Waals surface area contributed by atoms with E-state index >= 15 is 0 Å². The number of hydrogen-bond donors (Lipinski definition) is 1. The van der Waals surface area contributed by atoms with Gasteiger partial charge in [0.1, 0.15) is 5.82 Å². The Hall–Kier alpha value is -2.03. The number of hydrogen-bond acceptors (Lipinski definition) is 2. The molecule has 1 unspecified atom stereocenters. The van der Waals surface area contributed by atoms with Crippen LogP contribution in [0, 0.1) is 5.82 Å². The van der Waals surface area contributed by atoms with E-state index in [-0.39, 0.29) is 5.82 Å². The van der Waals surface area contributed by atoms with Crippen LogP contribution in [0.3, 0.4) is 0 Å². The van der Waals surface area contributed by atoms with E-state index in [0.717, 1.165) is 31.6 Å². The Morgan fingerprint density at radius 2 is 2.00 bits per heavy atom. The van der Waals surface area contributed by atoms with Gasteiger partial charge in [-0.05, 0) is 42.2 Å². The molecule has 102 valence electrons. The van der Waals surface area contributed by atoms with Gasteiger partial charge in [-0.15, -0.1) is 0 Å². The molecular weight excluding hydrogens is 251 g/mol. The van der Waals surface area contributed by atoms with Crippen molar-refractivity contribution in [2.24, 2.45) is 0 Å². The predicted molar refractivity (Wildman–Crippen MR) is 79.9 cm³/mol. The summed E-state index contributed by atoms with van der Waals surface area (Å²) in [5.74, 6) is -0.139. The van der Waals surface area contributed by atoms with Crippen LogP contribution in [0.2, 0.25) is 0 Å². The third-order valence-electron chi connectivity index (χ3n) is 4.42. The van der Waals surface area contributed by atoms with E-state index in [1.54, 1.807) is 12.1 Å². The summed E-state index contributed by atoms with van der Waals surface area (Å²) in [5.41, 5.74) is 4.94. The summed E-state index contributed by atoms with van der Waals surface area (Å²) in [6, 6.07) is 14.0. The molecule has 0 fully saturated rings. The predicted octanol–water partition coefficient (Wildman–Crippen LogP) is 3.23. The molecule has 0 spiro atoms. The molecule has 3 heteroatoms. The Bertz CT molecular complexity index is 653. The van der Waals surface area contributed by atoms with Gasteiger partial charge in [0.2, 0.25) is 0 Å². The minimum absolute atomic E-state index is 0.139. The zero-order chi connectivity index (χ0) is 13.5. The average Bonchev–Trinajstić information content (AvgIpc) is 2.89. The first-order chi connectivity index (χ1) is 9.81. The first-order valence-electron chi connectivity index (χ1n) is 7.18. The molecule has 2 aromatic rings. The second-order valence-corrected chi connectivity index (χ2v) is 5.61. The third-order valence-corrected chi connectivity index (χ3v) is 4.42. The molecule has 20 heavy (non-hydrogen) atoms. The highest BCUT2D eigenvalue weighted by Gasteiger charge is 2.29. The van der Waals surface area contributed by atoms with E-state index in [9.17, 15) is 4.39 Å². The summed E-state index contributed by atoms with van der Waals surface area (Å²) in [5, 5.41) is 3.50. The molecule has 0 radical (unpaired) electrons. The number of halogens is 1. The fraction of sp³-hybridized carbons (Fsp3) is 0.294. The van der Waals surface area contributed by atoms with Crippen molar-refractivity contribution < 1.29 is 4.39 Å². The maximum absolute atomic E-state index is 13.5. The largest absolute Gasteiger partial charge is 0.383 e. The van der Waals surface area contributed by atoms with E-state index < -0.39 is 0 Å². The standard InChI is InChI=1S/C17H17FN2/c18-14-6-5-12-7-8-20(17(12)10-14)15-9-13-3-1-2-4-16(13)19-11-15/h1-6,10,15,19H,7-9,11H2. The van der Waals surface area contributed by atoms with Crippen LogP contribution in [0.25, 0.3) is 0 Å². The fourth-order valence-corrected chi connectivity index (χ4v) is 3.40. The van der Waals surface area contributed by atoms with Crippen molar-refractivity contribution in [3.63, 3.8) is 0 Å². The number of nitrogens with zero attached hydrogens (tertiary/aromatic N) is 1. The SMILES string of the molecule is Fc1ccc2c(c1)N(C1CNc3ccccc3C1)CC2.